The zero-order valence-corrected chi connectivity index (χ0v) is 17.6. The number of nitrogens with one attached hydrogen (secondary N) is 2. The van der Waals surface area contributed by atoms with Gasteiger partial charge in [0, 0.05) is 25.2 Å². The second-order valence-electron chi connectivity index (χ2n) is 7.69. The van der Waals surface area contributed by atoms with Crippen LogP contribution >= 0.6 is 0 Å². The van der Waals surface area contributed by atoms with Gasteiger partial charge in [0.15, 0.2) is 0 Å². The summed E-state index contributed by atoms with van der Waals surface area (Å²) in [7, 11) is 3.14. The molecule has 2 fully saturated rings. The summed E-state index contributed by atoms with van der Waals surface area (Å²) in [5.41, 5.74) is 3.05. The highest BCUT2D eigenvalue weighted by Gasteiger charge is 2.35. The third-order valence-electron chi connectivity index (χ3n) is 5.46. The van der Waals surface area contributed by atoms with Crippen LogP contribution in [0.15, 0.2) is 36.4 Å². The highest BCUT2D eigenvalue weighted by atomic mass is 16.5. The maximum Gasteiger partial charge on any atom is 0.322 e. The number of methoxy groups -OCH3 is 2. The van der Waals surface area contributed by atoms with Crippen molar-refractivity contribution >= 4 is 23.4 Å². The van der Waals surface area contributed by atoms with Crippen molar-refractivity contribution in [3.05, 3.63) is 36.4 Å². The average molecular weight is 410 g/mol. The van der Waals surface area contributed by atoms with Crippen LogP contribution in [0.25, 0.3) is 11.1 Å². The van der Waals surface area contributed by atoms with Crippen molar-refractivity contribution in [2.75, 3.05) is 37.9 Å². The molecule has 0 bridgehead atoms. The van der Waals surface area contributed by atoms with E-state index in [0.29, 0.717) is 22.9 Å². The van der Waals surface area contributed by atoms with Crippen LogP contribution in [-0.2, 0) is 0 Å². The fourth-order valence-corrected chi connectivity index (χ4v) is 3.36. The zero-order valence-electron chi connectivity index (χ0n) is 17.6. The van der Waals surface area contributed by atoms with Crippen molar-refractivity contribution in [1.29, 1.82) is 0 Å². The van der Waals surface area contributed by atoms with Gasteiger partial charge in [-0.1, -0.05) is 12.1 Å². The molecule has 8 heteroatoms. The third kappa shape index (κ3) is 3.98. The van der Waals surface area contributed by atoms with Crippen LogP contribution in [0.5, 0.6) is 11.5 Å². The molecular weight excluding hydrogens is 384 g/mol. The summed E-state index contributed by atoms with van der Waals surface area (Å²) in [4.78, 5) is 27.9. The fourth-order valence-electron chi connectivity index (χ4n) is 3.36. The molecule has 30 heavy (non-hydrogen) atoms. The summed E-state index contributed by atoms with van der Waals surface area (Å²) in [6.07, 6.45) is 0. The first-order valence-electron chi connectivity index (χ1n) is 9.93. The van der Waals surface area contributed by atoms with Crippen LogP contribution in [0, 0.1) is 0 Å². The summed E-state index contributed by atoms with van der Waals surface area (Å²) < 4.78 is 11.0. The lowest BCUT2D eigenvalue weighted by molar-refractivity contribution is 0.239. The number of amides is 4. The Balaban J connectivity index is 1.54. The Kier molecular flexibility index (Phi) is 5.15. The fraction of sp³-hybridized carbons (Fsp3) is 0.364. The predicted octanol–water partition coefficient (Wildman–Crippen LogP) is 3.84. The maximum atomic E-state index is 12.2. The Bertz CT molecular complexity index is 914. The standard InChI is InChI=1S/C22H26N4O4/c1-13-11-25(13)21(27)23-17-7-5-15(9-19(17)29-3)16-6-8-18(20(10-16)30-4)24-22(28)26-12-14(26)2/h5-10,13-14H,11-12H2,1-4H3,(H,23,27)(H,24,28)/t13-,14-,25?,26?/m1/s1. The van der Waals surface area contributed by atoms with Gasteiger partial charge in [0.05, 0.1) is 25.6 Å². The third-order valence-corrected chi connectivity index (χ3v) is 5.46. The second-order valence-corrected chi connectivity index (χ2v) is 7.69. The second kappa shape index (κ2) is 7.78. The summed E-state index contributed by atoms with van der Waals surface area (Å²) in [5, 5.41) is 5.78. The molecule has 0 spiro atoms. The van der Waals surface area contributed by atoms with Crippen LogP contribution in [-0.4, -0.2) is 61.3 Å². The number of carbonyl (C=O) groups excluding carboxylic acids is 2. The largest absolute Gasteiger partial charge is 0.495 e. The molecule has 2 aromatic rings. The smallest absolute Gasteiger partial charge is 0.322 e. The van der Waals surface area contributed by atoms with Crippen LogP contribution < -0.4 is 20.1 Å². The van der Waals surface area contributed by atoms with Crippen LogP contribution in [0.1, 0.15) is 13.8 Å². The summed E-state index contributed by atoms with van der Waals surface area (Å²) >= 11 is 0. The van der Waals surface area contributed by atoms with Gasteiger partial charge in [-0.05, 0) is 49.2 Å². The molecule has 2 heterocycles. The number of hydrogen-bond donors (Lipinski definition) is 2. The van der Waals surface area contributed by atoms with Crippen molar-refractivity contribution in [2.24, 2.45) is 0 Å². The molecule has 8 nitrogen and oxygen atoms in total. The lowest BCUT2D eigenvalue weighted by atomic mass is 10.0. The number of nitrogens with zero attached hydrogens (tertiary/aromatic N) is 2. The molecule has 158 valence electrons. The lowest BCUT2D eigenvalue weighted by Crippen LogP contribution is -2.20. The number of benzene rings is 2. The number of carbonyl (C=O) groups is 2. The van der Waals surface area contributed by atoms with E-state index in [0.717, 1.165) is 24.2 Å². The van der Waals surface area contributed by atoms with E-state index in [4.69, 9.17) is 9.47 Å². The normalized spacial score (nSPS) is 19.2. The van der Waals surface area contributed by atoms with E-state index in [2.05, 4.69) is 10.6 Å². The molecular formula is C22H26N4O4. The molecule has 0 saturated carbocycles. The SMILES string of the molecule is COc1cc(-c2ccc(NC(=O)N3C[C@H]3C)c(OC)c2)ccc1NC(=O)N1C[C@H]1C. The van der Waals surface area contributed by atoms with Gasteiger partial charge in [0.1, 0.15) is 11.5 Å². The van der Waals surface area contributed by atoms with Crippen molar-refractivity contribution in [2.45, 2.75) is 25.9 Å². The Morgan fingerprint density at radius 2 is 1.17 bits per heavy atom. The monoisotopic (exact) mass is 410 g/mol. The Morgan fingerprint density at radius 3 is 1.47 bits per heavy atom. The Morgan fingerprint density at radius 1 is 0.800 bits per heavy atom. The minimum atomic E-state index is -0.129. The van der Waals surface area contributed by atoms with E-state index in [1.165, 1.54) is 0 Å². The number of ether oxygens (including phenoxy) is 2. The molecule has 2 aromatic carbocycles. The van der Waals surface area contributed by atoms with Gasteiger partial charge in [-0.3, -0.25) is 0 Å². The number of urea groups is 2. The van der Waals surface area contributed by atoms with E-state index in [1.807, 2.05) is 50.2 Å². The molecule has 2 saturated heterocycles. The molecule has 2 atom stereocenters. The summed E-state index contributed by atoms with van der Waals surface area (Å²) in [5.74, 6) is 1.14. The minimum absolute atomic E-state index is 0.129. The number of hydrogen-bond acceptors (Lipinski definition) is 4. The van der Waals surface area contributed by atoms with Gasteiger partial charge in [-0.2, -0.15) is 0 Å². The number of rotatable bonds is 5. The topological polar surface area (TPSA) is 82.7 Å². The minimum Gasteiger partial charge on any atom is -0.495 e. The predicted molar refractivity (Wildman–Crippen MR) is 115 cm³/mol. The van der Waals surface area contributed by atoms with Gasteiger partial charge in [-0.15, -0.1) is 0 Å². The van der Waals surface area contributed by atoms with Crippen molar-refractivity contribution in [3.8, 4) is 22.6 Å². The Labute approximate surface area is 175 Å². The zero-order chi connectivity index (χ0) is 21.4. The maximum absolute atomic E-state index is 12.2. The van der Waals surface area contributed by atoms with E-state index in [1.54, 1.807) is 24.0 Å². The lowest BCUT2D eigenvalue weighted by Gasteiger charge is -2.15. The van der Waals surface area contributed by atoms with Gasteiger partial charge < -0.3 is 29.9 Å². The number of anilines is 2. The van der Waals surface area contributed by atoms with E-state index < -0.39 is 0 Å². The molecule has 2 N–H and O–H groups in total. The van der Waals surface area contributed by atoms with Gasteiger partial charge >= 0.3 is 12.1 Å². The van der Waals surface area contributed by atoms with E-state index in [9.17, 15) is 9.59 Å². The van der Waals surface area contributed by atoms with Crippen LogP contribution in [0.4, 0.5) is 21.0 Å². The molecule has 2 aliphatic rings. The van der Waals surface area contributed by atoms with E-state index >= 15 is 0 Å². The van der Waals surface area contributed by atoms with Gasteiger partial charge in [0.25, 0.3) is 0 Å². The molecule has 4 rings (SSSR count). The quantitative estimate of drug-likeness (QED) is 0.734. The molecule has 0 aromatic heterocycles. The van der Waals surface area contributed by atoms with E-state index in [-0.39, 0.29) is 24.1 Å². The molecule has 0 radical (unpaired) electrons. The van der Waals surface area contributed by atoms with Crippen LogP contribution in [0.2, 0.25) is 0 Å². The summed E-state index contributed by atoms with van der Waals surface area (Å²) in [6.45, 7) is 5.54. The highest BCUT2D eigenvalue weighted by molar-refractivity contribution is 5.94. The van der Waals surface area contributed by atoms with Crippen LogP contribution in [0.3, 0.4) is 0 Å². The molecule has 0 aliphatic carbocycles. The average Bonchev–Trinajstić information content (AvgIpc) is 3.66. The molecule has 0 unspecified atom stereocenters. The van der Waals surface area contributed by atoms with Crippen molar-refractivity contribution in [1.82, 2.24) is 9.80 Å². The van der Waals surface area contributed by atoms with Crippen molar-refractivity contribution < 1.29 is 19.1 Å². The first-order valence-corrected chi connectivity index (χ1v) is 9.93. The first-order chi connectivity index (χ1) is 14.4. The van der Waals surface area contributed by atoms with Gasteiger partial charge in [0.2, 0.25) is 0 Å². The van der Waals surface area contributed by atoms with Crippen molar-refractivity contribution in [3.63, 3.8) is 0 Å². The van der Waals surface area contributed by atoms with Gasteiger partial charge in [-0.25, -0.2) is 9.59 Å². The summed E-state index contributed by atoms with van der Waals surface area (Å²) in [6, 6.07) is 11.5. The molecule has 4 amide bonds. The highest BCUT2D eigenvalue weighted by Crippen LogP contribution is 2.35. The Hall–Kier alpha value is -3.42. The first kappa shape index (κ1) is 19.9. The molecule has 2 aliphatic heterocycles.